The van der Waals surface area contributed by atoms with Gasteiger partial charge in [0.25, 0.3) is 0 Å². The Kier molecular flexibility index (Phi) is 66.8. The van der Waals surface area contributed by atoms with E-state index in [1.54, 1.807) is 0 Å². The molecule has 19 heteroatoms. The minimum atomic E-state index is -4.96. The van der Waals surface area contributed by atoms with Crippen LogP contribution in [-0.2, 0) is 65.4 Å². The van der Waals surface area contributed by atoms with Gasteiger partial charge in [-0.3, -0.25) is 37.3 Å². The van der Waals surface area contributed by atoms with Crippen LogP contribution in [0, 0.1) is 23.7 Å². The highest BCUT2D eigenvalue weighted by atomic mass is 31.2. The summed E-state index contributed by atoms with van der Waals surface area (Å²) < 4.78 is 68.7. The van der Waals surface area contributed by atoms with Gasteiger partial charge in [-0.1, -0.05) is 351 Å². The Morgan fingerprint density at radius 3 is 0.633 bits per heavy atom. The van der Waals surface area contributed by atoms with E-state index in [0.29, 0.717) is 31.6 Å². The van der Waals surface area contributed by atoms with Crippen LogP contribution in [0.5, 0.6) is 0 Å². The predicted molar refractivity (Wildman–Crippen MR) is 400 cm³/mol. The third-order valence-electron chi connectivity index (χ3n) is 18.3. The van der Waals surface area contributed by atoms with Gasteiger partial charge >= 0.3 is 39.5 Å². The van der Waals surface area contributed by atoms with Gasteiger partial charge in [-0.25, -0.2) is 9.13 Å². The van der Waals surface area contributed by atoms with E-state index in [1.165, 1.54) is 199 Å². The zero-order valence-corrected chi connectivity index (χ0v) is 66.2. The summed E-state index contributed by atoms with van der Waals surface area (Å²) in [6.07, 6.45) is 54.1. The molecule has 0 amide bonds. The molecule has 0 spiro atoms. The van der Waals surface area contributed by atoms with Crippen molar-refractivity contribution < 1.29 is 80.2 Å². The van der Waals surface area contributed by atoms with E-state index in [4.69, 9.17) is 37.0 Å². The number of phosphoric acid groups is 2. The van der Waals surface area contributed by atoms with Gasteiger partial charge in [-0.2, -0.15) is 0 Å². The Labute approximate surface area is 600 Å². The molecule has 582 valence electrons. The number of phosphoric ester groups is 2. The molecule has 0 aromatic carbocycles. The van der Waals surface area contributed by atoms with Crippen molar-refractivity contribution in [1.29, 1.82) is 0 Å². The van der Waals surface area contributed by atoms with E-state index in [0.717, 1.165) is 114 Å². The SMILES string of the molecule is CC(C)CCCCCCCCCCCCCCCCC(=O)O[C@H](COC(=O)CCCCCCCCCC(C)C)COP(=O)(O)OCC(O)COP(=O)(O)OC[C@@H](COC(=O)CCCCCCCCCCCCCCC(C)C)OC(=O)CCCCCCCCCCCCCCCC(C)C. The van der Waals surface area contributed by atoms with Gasteiger partial charge in [0.1, 0.15) is 19.3 Å². The molecule has 0 heterocycles. The normalized spacial score (nSPS) is 14.1. The molecule has 0 aliphatic rings. The topological polar surface area (TPSA) is 237 Å². The number of hydrogen-bond donors (Lipinski definition) is 3. The first-order valence-electron chi connectivity index (χ1n) is 40.7. The van der Waals surface area contributed by atoms with Gasteiger partial charge in [0.2, 0.25) is 0 Å². The molecule has 0 aliphatic carbocycles. The second-order valence-corrected chi connectivity index (χ2v) is 33.3. The van der Waals surface area contributed by atoms with Gasteiger partial charge in [-0.05, 0) is 49.4 Å². The van der Waals surface area contributed by atoms with Crippen molar-refractivity contribution >= 4 is 39.5 Å². The minimum Gasteiger partial charge on any atom is -0.462 e. The average molecular weight is 1440 g/mol. The Balaban J connectivity index is 5.25. The number of carbonyl (C=O) groups is 4. The molecule has 3 unspecified atom stereocenters. The molecule has 3 N–H and O–H groups in total. The van der Waals surface area contributed by atoms with Gasteiger partial charge in [-0.15, -0.1) is 0 Å². The Hall–Kier alpha value is -1.94. The second-order valence-electron chi connectivity index (χ2n) is 30.4. The van der Waals surface area contributed by atoms with Crippen LogP contribution in [0.25, 0.3) is 0 Å². The van der Waals surface area contributed by atoms with E-state index >= 15 is 0 Å². The number of aliphatic hydroxyl groups excluding tert-OH is 1. The highest BCUT2D eigenvalue weighted by Crippen LogP contribution is 2.45. The highest BCUT2D eigenvalue weighted by Gasteiger charge is 2.30. The molecule has 0 saturated carbocycles. The Morgan fingerprint density at radius 1 is 0.255 bits per heavy atom. The first kappa shape index (κ1) is 96.1. The molecule has 0 bridgehead atoms. The molecule has 17 nitrogen and oxygen atoms in total. The van der Waals surface area contributed by atoms with E-state index in [-0.39, 0.29) is 25.7 Å². The van der Waals surface area contributed by atoms with Crippen molar-refractivity contribution in [2.75, 3.05) is 39.6 Å². The third kappa shape index (κ3) is 72.4. The maximum Gasteiger partial charge on any atom is 0.472 e. The van der Waals surface area contributed by atoms with E-state index < -0.39 is 97.5 Å². The van der Waals surface area contributed by atoms with Crippen LogP contribution in [0.1, 0.15) is 402 Å². The number of hydrogen-bond acceptors (Lipinski definition) is 15. The summed E-state index contributed by atoms with van der Waals surface area (Å²) in [4.78, 5) is 73.0. The molecule has 5 atom stereocenters. The lowest BCUT2D eigenvalue weighted by Gasteiger charge is -2.21. The quantitative estimate of drug-likeness (QED) is 0.0222. The van der Waals surface area contributed by atoms with Crippen molar-refractivity contribution in [3.63, 3.8) is 0 Å². The summed E-state index contributed by atoms with van der Waals surface area (Å²) in [6, 6.07) is 0. The number of esters is 4. The second kappa shape index (κ2) is 68.2. The first-order chi connectivity index (χ1) is 47.1. The van der Waals surface area contributed by atoms with Gasteiger partial charge in [0.15, 0.2) is 12.2 Å². The third-order valence-corrected chi connectivity index (χ3v) is 20.2. The Bertz CT molecular complexity index is 1920. The molecular formula is C79H154O17P2. The van der Waals surface area contributed by atoms with Crippen molar-refractivity contribution in [3.05, 3.63) is 0 Å². The maximum absolute atomic E-state index is 13.1. The maximum atomic E-state index is 13.1. The summed E-state index contributed by atoms with van der Waals surface area (Å²) in [5.41, 5.74) is 0. The fourth-order valence-electron chi connectivity index (χ4n) is 12.1. The Morgan fingerprint density at radius 2 is 0.429 bits per heavy atom. The molecule has 0 radical (unpaired) electrons. The fourth-order valence-corrected chi connectivity index (χ4v) is 13.7. The highest BCUT2D eigenvalue weighted by molar-refractivity contribution is 7.47. The van der Waals surface area contributed by atoms with E-state index in [9.17, 15) is 43.2 Å². The molecule has 0 aromatic rings. The number of unbranched alkanes of at least 4 members (excludes halogenated alkanes) is 42. The summed E-state index contributed by atoms with van der Waals surface area (Å²) in [6.45, 7) is 14.2. The predicted octanol–water partition coefficient (Wildman–Crippen LogP) is 23.2. The smallest absolute Gasteiger partial charge is 0.462 e. The van der Waals surface area contributed by atoms with Crippen LogP contribution in [0.2, 0.25) is 0 Å². The summed E-state index contributed by atoms with van der Waals surface area (Å²) in [5.74, 6) is 0.952. The number of ether oxygens (including phenoxy) is 4. The van der Waals surface area contributed by atoms with Crippen LogP contribution in [0.4, 0.5) is 0 Å². The monoisotopic (exact) mass is 1440 g/mol. The number of rotatable bonds is 76. The van der Waals surface area contributed by atoms with Crippen LogP contribution >= 0.6 is 15.6 Å². The van der Waals surface area contributed by atoms with Gasteiger partial charge in [0, 0.05) is 25.7 Å². The summed E-state index contributed by atoms with van der Waals surface area (Å²) in [7, 11) is -9.92. The van der Waals surface area contributed by atoms with Crippen LogP contribution in [-0.4, -0.2) is 96.7 Å². The van der Waals surface area contributed by atoms with Crippen molar-refractivity contribution in [1.82, 2.24) is 0 Å². The standard InChI is InChI=1S/C79H154O17P2/c1-69(2)55-47-39-31-24-18-12-9-10-14-22-28-36-45-53-61-79(84)96-75(66-90-77(82)60-52-44-38-30-34-42-50-58-72(7)8)68-94-98(87,88)92-64-73(80)63-91-97(85,86)93-67-74(65-89-76(81)59-51-43-35-27-21-17-16-20-26-33-41-49-57-71(5)6)95-78(83)62-54-46-37-29-23-15-11-13-19-25-32-40-48-56-70(3)4/h69-75,80H,9-68H2,1-8H3,(H,85,86)(H,87,88)/t73?,74-,75-/m1/s1. The van der Waals surface area contributed by atoms with E-state index in [1.807, 2.05) is 0 Å². The summed E-state index contributed by atoms with van der Waals surface area (Å²) >= 11 is 0. The molecular weight excluding hydrogens is 1280 g/mol. The number of aliphatic hydroxyl groups is 1. The van der Waals surface area contributed by atoms with Gasteiger partial charge < -0.3 is 33.8 Å². The zero-order chi connectivity index (χ0) is 72.4. The van der Waals surface area contributed by atoms with Gasteiger partial charge in [0.05, 0.1) is 26.4 Å². The van der Waals surface area contributed by atoms with E-state index in [2.05, 4.69) is 55.4 Å². The molecule has 0 aromatic heterocycles. The first-order valence-corrected chi connectivity index (χ1v) is 43.7. The molecule has 0 fully saturated rings. The minimum absolute atomic E-state index is 0.106. The average Bonchev–Trinajstić information content (AvgIpc) is 1.08. The van der Waals surface area contributed by atoms with Crippen LogP contribution < -0.4 is 0 Å². The van der Waals surface area contributed by atoms with Crippen molar-refractivity contribution in [3.8, 4) is 0 Å². The fraction of sp³-hybridized carbons (Fsp3) is 0.949. The molecule has 98 heavy (non-hydrogen) atoms. The lowest BCUT2D eigenvalue weighted by molar-refractivity contribution is -0.161. The van der Waals surface area contributed by atoms with Crippen molar-refractivity contribution in [2.45, 2.75) is 420 Å². The molecule has 0 saturated heterocycles. The van der Waals surface area contributed by atoms with Crippen molar-refractivity contribution in [2.24, 2.45) is 23.7 Å². The van der Waals surface area contributed by atoms with Crippen LogP contribution in [0.3, 0.4) is 0 Å². The largest absolute Gasteiger partial charge is 0.472 e. The zero-order valence-electron chi connectivity index (χ0n) is 64.4. The lowest BCUT2D eigenvalue weighted by atomic mass is 10.0. The molecule has 0 aliphatic heterocycles. The molecule has 0 rings (SSSR count). The summed E-state index contributed by atoms with van der Waals surface area (Å²) in [5, 5.41) is 10.6. The number of carbonyl (C=O) groups excluding carboxylic acids is 4. The van der Waals surface area contributed by atoms with Crippen LogP contribution in [0.15, 0.2) is 0 Å². The lowest BCUT2D eigenvalue weighted by Crippen LogP contribution is -2.30.